The molecule has 1 fully saturated rings. The van der Waals surface area contributed by atoms with E-state index in [1.807, 2.05) is 19.3 Å². The Morgan fingerprint density at radius 3 is 2.50 bits per heavy atom. The van der Waals surface area contributed by atoms with Gasteiger partial charge in [0.2, 0.25) is 0 Å². The molecule has 3 rings (SSSR count). The zero-order valence-electron chi connectivity index (χ0n) is 15.7. The molecule has 2 amide bonds. The van der Waals surface area contributed by atoms with Crippen LogP contribution in [0.25, 0.3) is 0 Å². The third kappa shape index (κ3) is 4.75. The van der Waals surface area contributed by atoms with E-state index in [2.05, 4.69) is 52.5 Å². The quantitative estimate of drug-likeness (QED) is 0.864. The minimum atomic E-state index is -0.0656. The second kappa shape index (κ2) is 8.70. The number of amides is 2. The van der Waals surface area contributed by atoms with Gasteiger partial charge >= 0.3 is 6.03 Å². The zero-order chi connectivity index (χ0) is 18.4. The molecule has 1 aliphatic heterocycles. The number of hydrogen-bond acceptors (Lipinski definition) is 3. The first-order valence-corrected chi connectivity index (χ1v) is 9.42. The molecule has 5 nitrogen and oxygen atoms in total. The van der Waals surface area contributed by atoms with Crippen LogP contribution in [0.3, 0.4) is 0 Å². The Bertz CT molecular complexity index is 723. The van der Waals surface area contributed by atoms with Gasteiger partial charge < -0.3 is 15.1 Å². The molecule has 2 heterocycles. The number of rotatable bonds is 6. The van der Waals surface area contributed by atoms with Crippen molar-refractivity contribution in [2.75, 3.05) is 25.0 Å². The van der Waals surface area contributed by atoms with Gasteiger partial charge in [-0.15, -0.1) is 0 Å². The zero-order valence-corrected chi connectivity index (χ0v) is 15.7. The number of carbonyl (C=O) groups excluding carboxylic acids is 1. The van der Waals surface area contributed by atoms with Gasteiger partial charge in [0.05, 0.1) is 0 Å². The fourth-order valence-corrected chi connectivity index (χ4v) is 3.23. The summed E-state index contributed by atoms with van der Waals surface area (Å²) in [5, 5.41) is 3.00. The number of anilines is 1. The SMILES string of the molecule is CCc1ccc(CN(C)C(=O)NCc2ccnc(N3CCCC3)c2)cc1. The van der Waals surface area contributed by atoms with E-state index in [-0.39, 0.29) is 6.03 Å². The molecule has 0 bridgehead atoms. The van der Waals surface area contributed by atoms with E-state index in [9.17, 15) is 4.79 Å². The van der Waals surface area contributed by atoms with E-state index >= 15 is 0 Å². The number of nitrogens with zero attached hydrogens (tertiary/aromatic N) is 3. The van der Waals surface area contributed by atoms with E-state index in [0.717, 1.165) is 36.5 Å². The van der Waals surface area contributed by atoms with Gasteiger partial charge in [-0.1, -0.05) is 31.2 Å². The van der Waals surface area contributed by atoms with Crippen LogP contribution < -0.4 is 10.2 Å². The number of aryl methyl sites for hydroxylation is 1. The summed E-state index contributed by atoms with van der Waals surface area (Å²) in [5.41, 5.74) is 3.53. The summed E-state index contributed by atoms with van der Waals surface area (Å²) in [5.74, 6) is 1.01. The number of pyridine rings is 1. The van der Waals surface area contributed by atoms with Crippen molar-refractivity contribution in [3.63, 3.8) is 0 Å². The van der Waals surface area contributed by atoms with E-state index in [1.165, 1.54) is 18.4 Å². The van der Waals surface area contributed by atoms with Crippen molar-refractivity contribution in [1.82, 2.24) is 15.2 Å². The lowest BCUT2D eigenvalue weighted by Gasteiger charge is -2.19. The molecule has 0 spiro atoms. The van der Waals surface area contributed by atoms with Crippen molar-refractivity contribution >= 4 is 11.8 Å². The van der Waals surface area contributed by atoms with Crippen LogP contribution in [-0.2, 0) is 19.5 Å². The predicted molar refractivity (Wildman–Crippen MR) is 105 cm³/mol. The van der Waals surface area contributed by atoms with Gasteiger partial charge in [0.15, 0.2) is 0 Å². The number of benzene rings is 1. The van der Waals surface area contributed by atoms with E-state index < -0.39 is 0 Å². The van der Waals surface area contributed by atoms with Crippen LogP contribution in [0.4, 0.5) is 10.6 Å². The van der Waals surface area contributed by atoms with Crippen LogP contribution in [0, 0.1) is 0 Å². The Labute approximate surface area is 156 Å². The summed E-state index contributed by atoms with van der Waals surface area (Å²) in [6.45, 7) is 5.40. The topological polar surface area (TPSA) is 48.5 Å². The molecule has 0 unspecified atom stereocenters. The smallest absolute Gasteiger partial charge is 0.317 e. The summed E-state index contributed by atoms with van der Waals surface area (Å²) in [7, 11) is 1.82. The van der Waals surface area contributed by atoms with Crippen molar-refractivity contribution in [3.05, 3.63) is 59.3 Å². The van der Waals surface area contributed by atoms with Crippen molar-refractivity contribution in [3.8, 4) is 0 Å². The Balaban J connectivity index is 1.51. The third-order valence-electron chi connectivity index (χ3n) is 4.88. The fraction of sp³-hybridized carbons (Fsp3) is 0.429. The van der Waals surface area contributed by atoms with E-state index in [0.29, 0.717) is 13.1 Å². The summed E-state index contributed by atoms with van der Waals surface area (Å²) < 4.78 is 0. The normalized spacial score (nSPS) is 13.7. The Morgan fingerprint density at radius 1 is 1.12 bits per heavy atom. The molecular weight excluding hydrogens is 324 g/mol. The Morgan fingerprint density at radius 2 is 1.81 bits per heavy atom. The standard InChI is InChI=1S/C21H28N4O/c1-3-17-6-8-18(9-7-17)16-24(2)21(26)23-15-19-10-11-22-20(14-19)25-12-4-5-13-25/h6-11,14H,3-5,12-13,15-16H2,1-2H3,(H,23,26). The molecule has 1 saturated heterocycles. The maximum atomic E-state index is 12.4. The summed E-state index contributed by atoms with van der Waals surface area (Å²) in [6.07, 6.45) is 5.31. The fourth-order valence-electron chi connectivity index (χ4n) is 3.23. The summed E-state index contributed by atoms with van der Waals surface area (Å²) >= 11 is 0. The van der Waals surface area contributed by atoms with Crippen LogP contribution >= 0.6 is 0 Å². The van der Waals surface area contributed by atoms with Crippen molar-refractivity contribution in [2.45, 2.75) is 39.3 Å². The molecule has 0 radical (unpaired) electrons. The highest BCUT2D eigenvalue weighted by Gasteiger charge is 2.14. The van der Waals surface area contributed by atoms with Crippen LogP contribution in [0.5, 0.6) is 0 Å². The predicted octanol–water partition coefficient (Wildman–Crippen LogP) is 3.59. The van der Waals surface area contributed by atoms with E-state index in [4.69, 9.17) is 0 Å². The Kier molecular flexibility index (Phi) is 6.10. The van der Waals surface area contributed by atoms with Crippen molar-refractivity contribution < 1.29 is 4.79 Å². The average Bonchev–Trinajstić information content (AvgIpc) is 3.22. The van der Waals surface area contributed by atoms with Crippen molar-refractivity contribution in [2.24, 2.45) is 0 Å². The second-order valence-electron chi connectivity index (χ2n) is 6.90. The molecular formula is C21H28N4O. The van der Waals surface area contributed by atoms with Gasteiger partial charge in [-0.25, -0.2) is 9.78 Å². The van der Waals surface area contributed by atoms with Gasteiger partial charge in [-0.3, -0.25) is 0 Å². The van der Waals surface area contributed by atoms with Gasteiger partial charge in [-0.05, 0) is 48.1 Å². The van der Waals surface area contributed by atoms with Crippen LogP contribution in [0.15, 0.2) is 42.6 Å². The maximum absolute atomic E-state index is 12.4. The van der Waals surface area contributed by atoms with Crippen LogP contribution in [0.1, 0.15) is 36.5 Å². The molecule has 138 valence electrons. The first-order chi connectivity index (χ1) is 12.7. The molecule has 26 heavy (non-hydrogen) atoms. The van der Waals surface area contributed by atoms with Gasteiger partial charge in [0, 0.05) is 39.4 Å². The highest BCUT2D eigenvalue weighted by atomic mass is 16.2. The van der Waals surface area contributed by atoms with Gasteiger partial charge in [0.1, 0.15) is 5.82 Å². The molecule has 2 aromatic rings. The maximum Gasteiger partial charge on any atom is 0.317 e. The first kappa shape index (κ1) is 18.2. The molecule has 0 atom stereocenters. The third-order valence-corrected chi connectivity index (χ3v) is 4.88. The number of nitrogens with one attached hydrogen (secondary N) is 1. The number of hydrogen-bond donors (Lipinski definition) is 1. The lowest BCUT2D eigenvalue weighted by atomic mass is 10.1. The Hall–Kier alpha value is -2.56. The minimum absolute atomic E-state index is 0.0656. The second-order valence-corrected chi connectivity index (χ2v) is 6.90. The largest absolute Gasteiger partial charge is 0.357 e. The number of aromatic nitrogens is 1. The number of carbonyl (C=O) groups is 1. The van der Waals surface area contributed by atoms with Crippen LogP contribution in [-0.4, -0.2) is 36.1 Å². The first-order valence-electron chi connectivity index (χ1n) is 9.42. The molecule has 1 aromatic heterocycles. The lowest BCUT2D eigenvalue weighted by molar-refractivity contribution is 0.206. The average molecular weight is 352 g/mol. The highest BCUT2D eigenvalue weighted by Crippen LogP contribution is 2.18. The monoisotopic (exact) mass is 352 g/mol. The molecule has 1 N–H and O–H groups in total. The summed E-state index contributed by atoms with van der Waals surface area (Å²) in [6, 6.07) is 12.4. The molecule has 1 aliphatic rings. The molecule has 0 aliphatic carbocycles. The lowest BCUT2D eigenvalue weighted by Crippen LogP contribution is -2.36. The molecule has 0 saturated carbocycles. The van der Waals surface area contributed by atoms with E-state index in [1.54, 1.807) is 4.90 Å². The van der Waals surface area contributed by atoms with Crippen LogP contribution in [0.2, 0.25) is 0 Å². The minimum Gasteiger partial charge on any atom is -0.357 e. The summed E-state index contributed by atoms with van der Waals surface area (Å²) in [4.78, 5) is 20.8. The van der Waals surface area contributed by atoms with Gasteiger partial charge in [-0.2, -0.15) is 0 Å². The molecule has 1 aromatic carbocycles. The molecule has 5 heteroatoms. The van der Waals surface area contributed by atoms with Crippen molar-refractivity contribution in [1.29, 1.82) is 0 Å². The van der Waals surface area contributed by atoms with Gasteiger partial charge in [0.25, 0.3) is 0 Å². The highest BCUT2D eigenvalue weighted by molar-refractivity contribution is 5.73. The number of urea groups is 1.